The fraction of sp³-hybridized carbons (Fsp3) is 0.433. The molecular weight excluding hydrogens is 480 g/mol. The number of benzene rings is 2. The minimum Gasteiger partial charge on any atom is -0.483 e. The van der Waals surface area contributed by atoms with E-state index in [9.17, 15) is 4.79 Å². The molecule has 0 saturated carbocycles. The van der Waals surface area contributed by atoms with Crippen LogP contribution >= 0.6 is 11.3 Å². The minimum absolute atomic E-state index is 0.00676. The maximum absolute atomic E-state index is 13.1. The van der Waals surface area contributed by atoms with E-state index < -0.39 is 0 Å². The van der Waals surface area contributed by atoms with E-state index in [0.717, 1.165) is 57.5 Å². The number of hydrogen-bond acceptors (Lipinski definition) is 6. The average molecular weight is 519 g/mol. The molecule has 37 heavy (non-hydrogen) atoms. The van der Waals surface area contributed by atoms with Gasteiger partial charge in [0.15, 0.2) is 0 Å². The van der Waals surface area contributed by atoms with Crippen LogP contribution in [0.5, 0.6) is 5.75 Å². The minimum atomic E-state index is -0.0563. The third kappa shape index (κ3) is 5.75. The number of nitrogens with zero attached hydrogens (tertiary/aromatic N) is 2. The van der Waals surface area contributed by atoms with Gasteiger partial charge in [-0.25, -0.2) is 0 Å². The van der Waals surface area contributed by atoms with E-state index in [0.29, 0.717) is 12.3 Å². The maximum atomic E-state index is 13.1. The molecule has 3 heterocycles. The first-order chi connectivity index (χ1) is 18.1. The largest absolute Gasteiger partial charge is 0.483 e. The Hall–Kier alpha value is -2.71. The van der Waals surface area contributed by atoms with Crippen molar-refractivity contribution in [1.29, 1.82) is 0 Å². The summed E-state index contributed by atoms with van der Waals surface area (Å²) < 4.78 is 6.44. The number of carbonyl (C=O) groups is 1. The van der Waals surface area contributed by atoms with Crippen molar-refractivity contribution in [3.8, 4) is 5.75 Å². The van der Waals surface area contributed by atoms with E-state index in [-0.39, 0.29) is 17.6 Å². The second-order valence-electron chi connectivity index (χ2n) is 10.2. The molecule has 0 unspecified atom stereocenters. The SMILES string of the molecule is CNCC[C@@H](Oc1ccccc1NC(=O)CN1CCC2(CC1)c1ccccc1CCN2C)c1cccs1. The molecular formula is C30H38N4O2S. The summed E-state index contributed by atoms with van der Waals surface area (Å²) in [7, 11) is 4.21. The van der Waals surface area contributed by atoms with Gasteiger partial charge in [0, 0.05) is 36.5 Å². The van der Waals surface area contributed by atoms with Crippen molar-refractivity contribution in [1.82, 2.24) is 15.1 Å². The lowest BCUT2D eigenvalue weighted by Gasteiger charge is -2.51. The van der Waals surface area contributed by atoms with Crippen LogP contribution in [0.25, 0.3) is 0 Å². The summed E-state index contributed by atoms with van der Waals surface area (Å²) in [4.78, 5) is 19.1. The summed E-state index contributed by atoms with van der Waals surface area (Å²) in [5, 5.41) is 8.42. The Labute approximate surface area is 224 Å². The zero-order chi connectivity index (χ0) is 25.7. The third-order valence-corrected chi connectivity index (χ3v) is 8.93. The van der Waals surface area contributed by atoms with Crippen molar-refractivity contribution >= 4 is 22.9 Å². The highest BCUT2D eigenvalue weighted by Gasteiger charge is 2.43. The van der Waals surface area contributed by atoms with Crippen molar-refractivity contribution in [3.05, 3.63) is 82.0 Å². The Kier molecular flexibility index (Phi) is 8.25. The van der Waals surface area contributed by atoms with Gasteiger partial charge in [-0.2, -0.15) is 0 Å². The highest BCUT2D eigenvalue weighted by molar-refractivity contribution is 7.10. The Balaban J connectivity index is 1.21. The van der Waals surface area contributed by atoms with Crippen LogP contribution in [0.15, 0.2) is 66.0 Å². The van der Waals surface area contributed by atoms with Crippen LogP contribution in [0.2, 0.25) is 0 Å². The summed E-state index contributed by atoms with van der Waals surface area (Å²) >= 11 is 1.70. The van der Waals surface area contributed by atoms with Crippen molar-refractivity contribution < 1.29 is 9.53 Å². The highest BCUT2D eigenvalue weighted by atomic mass is 32.1. The van der Waals surface area contributed by atoms with Gasteiger partial charge in [-0.1, -0.05) is 42.5 Å². The fourth-order valence-corrected chi connectivity index (χ4v) is 6.65. The summed E-state index contributed by atoms with van der Waals surface area (Å²) in [5.74, 6) is 0.718. The molecule has 1 atom stereocenters. The van der Waals surface area contributed by atoms with E-state index in [2.05, 4.69) is 69.3 Å². The molecule has 7 heteroatoms. The summed E-state index contributed by atoms with van der Waals surface area (Å²) in [6, 6.07) is 20.8. The Morgan fingerprint density at radius 3 is 2.62 bits per heavy atom. The number of fused-ring (bicyclic) bond motifs is 2. The van der Waals surface area contributed by atoms with Gasteiger partial charge < -0.3 is 15.4 Å². The molecule has 5 rings (SSSR count). The summed E-state index contributed by atoms with van der Waals surface area (Å²) in [5.41, 5.74) is 3.79. The smallest absolute Gasteiger partial charge is 0.238 e. The van der Waals surface area contributed by atoms with Gasteiger partial charge in [0.2, 0.25) is 5.91 Å². The van der Waals surface area contributed by atoms with Crippen LogP contribution in [0.3, 0.4) is 0 Å². The number of anilines is 1. The molecule has 0 aliphatic carbocycles. The van der Waals surface area contributed by atoms with Gasteiger partial charge in [0.25, 0.3) is 0 Å². The van der Waals surface area contributed by atoms with Crippen molar-refractivity contribution in [2.75, 3.05) is 52.1 Å². The molecule has 1 aromatic heterocycles. The number of carbonyl (C=O) groups excluding carboxylic acids is 1. The third-order valence-electron chi connectivity index (χ3n) is 7.96. The lowest BCUT2D eigenvalue weighted by Crippen LogP contribution is -2.55. The van der Waals surface area contributed by atoms with Crippen LogP contribution in [-0.2, 0) is 16.8 Å². The maximum Gasteiger partial charge on any atom is 0.238 e. The van der Waals surface area contributed by atoms with Gasteiger partial charge in [-0.05, 0) is 74.6 Å². The van der Waals surface area contributed by atoms with Gasteiger partial charge in [-0.15, -0.1) is 11.3 Å². The summed E-state index contributed by atoms with van der Waals surface area (Å²) in [6.45, 7) is 4.16. The number of hydrogen-bond donors (Lipinski definition) is 2. The zero-order valence-corrected chi connectivity index (χ0v) is 22.7. The van der Waals surface area contributed by atoms with Crippen molar-refractivity contribution in [2.24, 2.45) is 0 Å². The molecule has 0 bridgehead atoms. The van der Waals surface area contributed by atoms with Crippen molar-refractivity contribution in [3.63, 3.8) is 0 Å². The van der Waals surface area contributed by atoms with Crippen LogP contribution < -0.4 is 15.4 Å². The number of nitrogens with one attached hydrogen (secondary N) is 2. The van der Waals surface area contributed by atoms with E-state index in [1.165, 1.54) is 16.0 Å². The van der Waals surface area contributed by atoms with E-state index in [4.69, 9.17) is 4.74 Å². The van der Waals surface area contributed by atoms with Gasteiger partial charge >= 0.3 is 0 Å². The molecule has 2 aliphatic rings. The topological polar surface area (TPSA) is 56.8 Å². The quantitative estimate of drug-likeness (QED) is 0.422. The number of likely N-dealkylation sites (N-methyl/N-ethyl adjacent to an activating group) is 1. The number of piperidine rings is 1. The fourth-order valence-electron chi connectivity index (χ4n) is 5.86. The van der Waals surface area contributed by atoms with Crippen LogP contribution in [0.4, 0.5) is 5.69 Å². The molecule has 2 N–H and O–H groups in total. The first-order valence-corrected chi connectivity index (χ1v) is 14.2. The Bertz CT molecular complexity index is 1170. The van der Waals surface area contributed by atoms with E-state index in [1.807, 2.05) is 31.3 Å². The molecule has 0 radical (unpaired) electrons. The predicted molar refractivity (Wildman–Crippen MR) is 151 cm³/mol. The number of para-hydroxylation sites is 2. The van der Waals surface area contributed by atoms with Crippen LogP contribution in [-0.4, -0.2) is 62.5 Å². The Morgan fingerprint density at radius 1 is 1.05 bits per heavy atom. The first kappa shape index (κ1) is 25.9. The van der Waals surface area contributed by atoms with Crippen molar-refractivity contribution in [2.45, 2.75) is 37.3 Å². The average Bonchev–Trinajstić information content (AvgIpc) is 3.46. The van der Waals surface area contributed by atoms with E-state index in [1.54, 1.807) is 11.3 Å². The second kappa shape index (κ2) is 11.8. The van der Waals surface area contributed by atoms with Gasteiger partial charge in [0.05, 0.1) is 12.2 Å². The van der Waals surface area contributed by atoms with Gasteiger partial charge in [-0.3, -0.25) is 14.6 Å². The molecule has 1 amide bonds. The number of rotatable bonds is 9. The predicted octanol–water partition coefficient (Wildman–Crippen LogP) is 4.90. The number of likely N-dealkylation sites (tertiary alicyclic amines) is 1. The second-order valence-corrected chi connectivity index (χ2v) is 11.2. The molecule has 1 fully saturated rings. The molecule has 1 saturated heterocycles. The summed E-state index contributed by atoms with van der Waals surface area (Å²) in [6.07, 6.45) is 4.00. The monoisotopic (exact) mass is 518 g/mol. The molecule has 2 aliphatic heterocycles. The lowest BCUT2D eigenvalue weighted by atomic mass is 9.74. The first-order valence-electron chi connectivity index (χ1n) is 13.3. The highest BCUT2D eigenvalue weighted by Crippen LogP contribution is 2.42. The standard InChI is InChI=1S/C30H38N4O2S/c1-31-17-13-27(28-12-7-21-37-28)36-26-11-6-5-10-25(26)32-29(35)22-34-19-15-30(16-20-34)24-9-4-3-8-23(24)14-18-33(30)2/h3-12,21,27,31H,13-20,22H2,1-2H3,(H,32,35)/t27-/m1/s1. The molecule has 1 spiro atoms. The molecule has 6 nitrogen and oxygen atoms in total. The van der Waals surface area contributed by atoms with Gasteiger partial charge in [0.1, 0.15) is 11.9 Å². The van der Waals surface area contributed by atoms with Crippen LogP contribution in [0.1, 0.15) is 41.4 Å². The number of ether oxygens (including phenoxy) is 1. The van der Waals surface area contributed by atoms with Crippen LogP contribution in [0, 0.1) is 0 Å². The number of amides is 1. The number of thiophene rings is 1. The molecule has 2 aromatic carbocycles. The normalized spacial score (nSPS) is 18.3. The molecule has 196 valence electrons. The zero-order valence-electron chi connectivity index (χ0n) is 21.9. The molecule has 3 aromatic rings. The van der Waals surface area contributed by atoms with E-state index >= 15 is 0 Å². The Morgan fingerprint density at radius 2 is 1.84 bits per heavy atom. The lowest BCUT2D eigenvalue weighted by molar-refractivity contribution is -0.118.